The lowest BCUT2D eigenvalue weighted by Gasteiger charge is -2.59. The molecule has 5 rings (SSSR count). The molecule has 40 heavy (non-hydrogen) atoms. The summed E-state index contributed by atoms with van der Waals surface area (Å²) < 4.78 is 12.0. The summed E-state index contributed by atoms with van der Waals surface area (Å²) in [4.78, 5) is 0. The van der Waals surface area contributed by atoms with Crippen LogP contribution in [0, 0.1) is 52.3 Å². The van der Waals surface area contributed by atoms with Gasteiger partial charge in [0.05, 0.1) is 12.2 Å². The lowest BCUT2D eigenvalue weighted by atomic mass is 9.46. The fraction of sp³-hybridized carbons (Fsp3) is 0.886. The third-order valence-corrected chi connectivity index (χ3v) is 12.9. The Morgan fingerprint density at radius 3 is 2.40 bits per heavy atom. The van der Waals surface area contributed by atoms with Crippen LogP contribution >= 0.6 is 0 Å². The highest BCUT2D eigenvalue weighted by Crippen LogP contribution is 2.67. The molecule has 0 amide bonds. The van der Waals surface area contributed by atoms with Crippen LogP contribution in [0.2, 0.25) is 0 Å². The van der Waals surface area contributed by atoms with Gasteiger partial charge in [-0.1, -0.05) is 65.3 Å². The summed E-state index contributed by atoms with van der Waals surface area (Å²) in [5.74, 6) is 5.26. The second kappa shape index (κ2) is 11.8. The number of rotatable bonds is 7. The van der Waals surface area contributed by atoms with Crippen molar-refractivity contribution >= 4 is 0 Å². The third-order valence-electron chi connectivity index (χ3n) is 12.9. The van der Waals surface area contributed by atoms with Crippen LogP contribution < -0.4 is 0 Å². The maximum absolute atomic E-state index is 10.5. The average molecular weight is 559 g/mol. The van der Waals surface area contributed by atoms with Crippen LogP contribution in [0.15, 0.2) is 23.8 Å². The molecular weight excluding hydrogens is 500 g/mol. The molecule has 228 valence electrons. The predicted octanol–water partition coefficient (Wildman–Crippen LogP) is 6.65. The predicted molar refractivity (Wildman–Crippen MR) is 159 cm³/mol. The van der Waals surface area contributed by atoms with Crippen LogP contribution in [0.25, 0.3) is 0 Å². The number of allylic oxidation sites excluding steroid dienone is 3. The quantitative estimate of drug-likeness (QED) is 0.305. The average Bonchev–Trinajstić information content (AvgIpc) is 3.28. The van der Waals surface area contributed by atoms with Crippen molar-refractivity contribution in [2.24, 2.45) is 52.3 Å². The molecule has 0 radical (unpaired) electrons. The van der Waals surface area contributed by atoms with Crippen molar-refractivity contribution in [3.05, 3.63) is 23.8 Å². The Labute approximate surface area is 243 Å². The van der Waals surface area contributed by atoms with Gasteiger partial charge in [-0.2, -0.15) is 0 Å². The Morgan fingerprint density at radius 2 is 1.70 bits per heavy atom. The normalized spacial score (nSPS) is 48.8. The van der Waals surface area contributed by atoms with Gasteiger partial charge in [-0.3, -0.25) is 0 Å². The lowest BCUT2D eigenvalue weighted by Crippen LogP contribution is -2.58. The zero-order valence-electron chi connectivity index (χ0n) is 26.3. The molecule has 0 bridgehead atoms. The minimum absolute atomic E-state index is 0.121. The molecule has 0 unspecified atom stereocenters. The van der Waals surface area contributed by atoms with E-state index in [4.69, 9.17) is 9.47 Å². The van der Waals surface area contributed by atoms with Crippen LogP contribution in [-0.2, 0) is 9.47 Å². The fourth-order valence-electron chi connectivity index (χ4n) is 10.3. The van der Waals surface area contributed by atoms with Gasteiger partial charge in [0.2, 0.25) is 0 Å². The van der Waals surface area contributed by atoms with Gasteiger partial charge in [-0.05, 0) is 117 Å². The van der Waals surface area contributed by atoms with Crippen molar-refractivity contribution in [1.29, 1.82) is 0 Å². The SMILES string of the molecule is CC[C@H](/C=C/[C@@H](C)[C@H]1CC[C@H]2[C@@H]3CCC4=C[C@@H](O[C@@H]5O[C@@H](C)[C@H](O)[C@@H](O)[C@H]5O)CC[C@]4(C)[C@H]3CC[C@]12C)C(C)C. The molecule has 3 saturated carbocycles. The highest BCUT2D eigenvalue weighted by molar-refractivity contribution is 5.26. The van der Waals surface area contributed by atoms with Gasteiger partial charge in [0.25, 0.3) is 0 Å². The first-order chi connectivity index (χ1) is 18.9. The van der Waals surface area contributed by atoms with Crippen LogP contribution in [0.1, 0.15) is 106 Å². The summed E-state index contributed by atoms with van der Waals surface area (Å²) in [6, 6.07) is 0. The smallest absolute Gasteiger partial charge is 0.187 e. The van der Waals surface area contributed by atoms with Crippen LogP contribution in [0.4, 0.5) is 0 Å². The first-order valence-electron chi connectivity index (χ1n) is 16.6. The standard InChI is InChI=1S/C35H58O5/c1-8-23(20(2)3)10-9-21(4)27-13-14-28-26-12-11-24-19-25(40-33-32(38)31(37)30(36)22(5)39-33)15-17-34(24,6)29(26)16-18-35(27,28)7/h9-10,19-23,25-33,36-38H,8,11-18H2,1-7H3/b10-9+/t21-,22+,23-,25+,26+,27-,28+,29+,30+,31-,32-,33+,34+,35-/m1/s1. The largest absolute Gasteiger partial charge is 0.388 e. The van der Waals surface area contributed by atoms with E-state index in [9.17, 15) is 15.3 Å². The first kappa shape index (κ1) is 30.7. The Balaban J connectivity index is 1.27. The maximum atomic E-state index is 10.5. The van der Waals surface area contributed by atoms with E-state index in [1.807, 2.05) is 0 Å². The van der Waals surface area contributed by atoms with Crippen LogP contribution in [-0.4, -0.2) is 52.1 Å². The number of ether oxygens (including phenoxy) is 2. The number of hydrogen-bond donors (Lipinski definition) is 3. The highest BCUT2D eigenvalue weighted by atomic mass is 16.7. The van der Waals surface area contributed by atoms with E-state index in [2.05, 4.69) is 59.8 Å². The van der Waals surface area contributed by atoms with E-state index < -0.39 is 30.7 Å². The summed E-state index contributed by atoms with van der Waals surface area (Å²) in [5, 5.41) is 30.8. The number of hydrogen-bond acceptors (Lipinski definition) is 5. The Kier molecular flexibility index (Phi) is 9.03. The topological polar surface area (TPSA) is 79.2 Å². The summed E-state index contributed by atoms with van der Waals surface area (Å²) in [5.41, 5.74) is 2.23. The first-order valence-corrected chi connectivity index (χ1v) is 16.6. The number of fused-ring (bicyclic) bond motifs is 5. The molecule has 1 aliphatic heterocycles. The van der Waals surface area contributed by atoms with Gasteiger partial charge >= 0.3 is 0 Å². The maximum Gasteiger partial charge on any atom is 0.187 e. The zero-order valence-corrected chi connectivity index (χ0v) is 26.3. The minimum Gasteiger partial charge on any atom is -0.388 e. The zero-order chi connectivity index (χ0) is 29.0. The van der Waals surface area contributed by atoms with E-state index >= 15 is 0 Å². The molecule has 5 aliphatic rings. The molecule has 14 atom stereocenters. The number of aliphatic hydroxyl groups excluding tert-OH is 3. The van der Waals surface area contributed by atoms with Crippen LogP contribution in [0.3, 0.4) is 0 Å². The second-order valence-electron chi connectivity index (χ2n) is 15.2. The molecule has 5 heteroatoms. The van der Waals surface area contributed by atoms with E-state index in [1.54, 1.807) is 6.92 Å². The molecule has 1 heterocycles. The van der Waals surface area contributed by atoms with Gasteiger partial charge in [0.15, 0.2) is 6.29 Å². The monoisotopic (exact) mass is 558 g/mol. The summed E-state index contributed by atoms with van der Waals surface area (Å²) in [6.07, 6.45) is 13.4. The number of aliphatic hydroxyl groups is 3. The van der Waals surface area contributed by atoms with Crippen molar-refractivity contribution in [3.8, 4) is 0 Å². The highest BCUT2D eigenvalue weighted by Gasteiger charge is 2.59. The molecule has 1 saturated heterocycles. The van der Waals surface area contributed by atoms with E-state index in [0.717, 1.165) is 42.9 Å². The molecule has 5 nitrogen and oxygen atoms in total. The van der Waals surface area contributed by atoms with Gasteiger partial charge in [0.1, 0.15) is 18.3 Å². The molecule has 3 N–H and O–H groups in total. The Hall–Kier alpha value is -0.720. The summed E-state index contributed by atoms with van der Waals surface area (Å²) in [7, 11) is 0. The molecule has 0 spiro atoms. The van der Waals surface area contributed by atoms with Crippen molar-refractivity contribution in [1.82, 2.24) is 0 Å². The van der Waals surface area contributed by atoms with Crippen molar-refractivity contribution in [3.63, 3.8) is 0 Å². The van der Waals surface area contributed by atoms with E-state index in [0.29, 0.717) is 23.2 Å². The Bertz CT molecular complexity index is 944. The molecule has 4 aliphatic carbocycles. The van der Waals surface area contributed by atoms with Crippen molar-refractivity contribution in [2.45, 2.75) is 143 Å². The van der Waals surface area contributed by atoms with Crippen molar-refractivity contribution < 1.29 is 24.8 Å². The van der Waals surface area contributed by atoms with Gasteiger partial charge in [-0.25, -0.2) is 0 Å². The summed E-state index contributed by atoms with van der Waals surface area (Å²) in [6.45, 7) is 16.4. The second-order valence-corrected chi connectivity index (χ2v) is 15.2. The van der Waals surface area contributed by atoms with Crippen LogP contribution in [0.5, 0.6) is 0 Å². The van der Waals surface area contributed by atoms with Crippen molar-refractivity contribution in [2.75, 3.05) is 0 Å². The fourth-order valence-corrected chi connectivity index (χ4v) is 10.3. The van der Waals surface area contributed by atoms with Gasteiger partial charge in [-0.15, -0.1) is 0 Å². The molecule has 0 aromatic carbocycles. The molecular formula is C35H58O5. The van der Waals surface area contributed by atoms with Gasteiger partial charge < -0.3 is 24.8 Å². The molecule has 0 aromatic rings. The minimum atomic E-state index is -1.25. The Morgan fingerprint density at radius 1 is 0.950 bits per heavy atom. The lowest BCUT2D eigenvalue weighted by molar-refractivity contribution is -0.301. The van der Waals surface area contributed by atoms with E-state index in [1.165, 1.54) is 44.1 Å². The molecule has 4 fully saturated rings. The molecule has 0 aromatic heterocycles. The van der Waals surface area contributed by atoms with E-state index in [-0.39, 0.29) is 11.5 Å². The third kappa shape index (κ3) is 5.29. The summed E-state index contributed by atoms with van der Waals surface area (Å²) >= 11 is 0. The van der Waals surface area contributed by atoms with Gasteiger partial charge in [0, 0.05) is 0 Å².